The molecule has 0 aliphatic rings. The first-order valence-corrected chi connectivity index (χ1v) is 15.3. The molecule has 0 bridgehead atoms. The van der Waals surface area contributed by atoms with E-state index in [1.165, 1.54) is 48.5 Å². The number of hydrogen-bond acceptors (Lipinski definition) is 15. The lowest BCUT2D eigenvalue weighted by molar-refractivity contribution is 0.0687. The van der Waals surface area contributed by atoms with Crippen LogP contribution in [0.5, 0.6) is 17.5 Å². The quantitative estimate of drug-likeness (QED) is 0.0535. The van der Waals surface area contributed by atoms with Gasteiger partial charge in [-0.1, -0.05) is 24.3 Å². The number of fused-ring (bicyclic) bond motifs is 1. The number of aromatic carboxylic acids is 2. The molecule has 1 atom stereocenters. The van der Waals surface area contributed by atoms with Gasteiger partial charge >= 0.3 is 29.3 Å². The van der Waals surface area contributed by atoms with E-state index in [4.69, 9.17) is 4.18 Å². The third kappa shape index (κ3) is 7.23. The molecule has 5 rings (SSSR count). The SMILES string of the molecule is O=C(O)c1ccccc1N=Nc1c(OS(=O)O)cc2cc(S(=O)(=O)O)cc(Nc3nc(O)nc(Nc4ccccc4C(=O)O)n3)c2c1O. The second-order valence-electron chi connectivity index (χ2n) is 9.32. The molecule has 19 nitrogen and oxygen atoms in total. The summed E-state index contributed by atoms with van der Waals surface area (Å²) in [6, 6.07) is 12.9. The van der Waals surface area contributed by atoms with Gasteiger partial charge in [-0.2, -0.15) is 27.6 Å². The number of phenols is 1. The van der Waals surface area contributed by atoms with Crippen molar-refractivity contribution in [1.29, 1.82) is 0 Å². The number of phenolic OH excluding ortho intramolecular Hbond substituents is 1. The molecule has 0 aliphatic carbocycles. The van der Waals surface area contributed by atoms with Crippen molar-refractivity contribution in [3.8, 4) is 17.5 Å². The Bertz CT molecular complexity index is 2280. The van der Waals surface area contributed by atoms with Crippen LogP contribution in [0.2, 0.25) is 0 Å². The lowest BCUT2D eigenvalue weighted by Crippen LogP contribution is -2.07. The molecule has 246 valence electrons. The van der Waals surface area contributed by atoms with Gasteiger partial charge in [0.1, 0.15) is 5.69 Å². The number of anilines is 4. The second kappa shape index (κ2) is 13.2. The third-order valence-corrected chi connectivity index (χ3v) is 7.40. The highest BCUT2D eigenvalue weighted by molar-refractivity contribution is 7.85. The molecule has 0 amide bonds. The van der Waals surface area contributed by atoms with Gasteiger partial charge < -0.3 is 35.2 Å². The molecular weight excluding hydrogens is 678 g/mol. The molecule has 1 heterocycles. The number of para-hydroxylation sites is 1. The predicted molar refractivity (Wildman–Crippen MR) is 166 cm³/mol. The molecule has 0 aliphatic heterocycles. The van der Waals surface area contributed by atoms with E-state index in [0.717, 1.165) is 18.2 Å². The lowest BCUT2D eigenvalue weighted by atomic mass is 10.1. The third-order valence-electron chi connectivity index (χ3n) is 6.25. The summed E-state index contributed by atoms with van der Waals surface area (Å²) in [5, 5.41) is 52.9. The van der Waals surface area contributed by atoms with Gasteiger partial charge in [0, 0.05) is 5.39 Å². The summed E-state index contributed by atoms with van der Waals surface area (Å²) in [4.78, 5) is 34.0. The van der Waals surface area contributed by atoms with Crippen molar-refractivity contribution in [2.75, 3.05) is 10.6 Å². The molecule has 0 saturated heterocycles. The molecule has 0 spiro atoms. The highest BCUT2D eigenvalue weighted by Crippen LogP contribution is 2.47. The molecule has 0 saturated carbocycles. The fourth-order valence-electron chi connectivity index (χ4n) is 4.29. The molecule has 21 heteroatoms. The maximum absolute atomic E-state index is 12.2. The minimum Gasteiger partial charge on any atom is -0.505 e. The number of carboxylic acids is 2. The highest BCUT2D eigenvalue weighted by Gasteiger charge is 2.23. The molecule has 4 aromatic carbocycles. The van der Waals surface area contributed by atoms with Crippen LogP contribution in [0, 0.1) is 0 Å². The van der Waals surface area contributed by atoms with Crippen LogP contribution in [0.15, 0.2) is 81.9 Å². The summed E-state index contributed by atoms with van der Waals surface area (Å²) in [6.07, 6.45) is 0. The van der Waals surface area contributed by atoms with Crippen molar-refractivity contribution < 1.29 is 55.9 Å². The largest absolute Gasteiger partial charge is 0.505 e. The van der Waals surface area contributed by atoms with Gasteiger partial charge in [0.25, 0.3) is 10.1 Å². The smallest absolute Gasteiger partial charge is 0.357 e. The molecule has 1 unspecified atom stereocenters. The van der Waals surface area contributed by atoms with Gasteiger partial charge in [0.2, 0.25) is 11.9 Å². The molecule has 5 aromatic rings. The normalized spacial score (nSPS) is 12.1. The van der Waals surface area contributed by atoms with Crippen molar-refractivity contribution in [3.63, 3.8) is 0 Å². The highest BCUT2D eigenvalue weighted by atomic mass is 32.2. The van der Waals surface area contributed by atoms with Crippen molar-refractivity contribution in [2.24, 2.45) is 10.2 Å². The van der Waals surface area contributed by atoms with Crippen LogP contribution in [0.25, 0.3) is 10.8 Å². The predicted octanol–water partition coefficient (Wildman–Crippen LogP) is 4.50. The number of carbonyl (C=O) groups is 2. The molecule has 0 radical (unpaired) electrons. The Morgan fingerprint density at radius 3 is 2.04 bits per heavy atom. The van der Waals surface area contributed by atoms with E-state index >= 15 is 0 Å². The molecule has 48 heavy (non-hydrogen) atoms. The number of azo groups is 1. The van der Waals surface area contributed by atoms with E-state index in [1.807, 2.05) is 0 Å². The molecule has 1 aromatic heterocycles. The average molecular weight is 698 g/mol. The average Bonchev–Trinajstić information content (AvgIpc) is 3.00. The number of nitrogens with one attached hydrogen (secondary N) is 2. The Hall–Kier alpha value is -6.29. The van der Waals surface area contributed by atoms with E-state index < -0.39 is 67.5 Å². The van der Waals surface area contributed by atoms with Crippen molar-refractivity contribution >= 4 is 78.8 Å². The van der Waals surface area contributed by atoms with Gasteiger partial charge in [0.15, 0.2) is 17.2 Å². The summed E-state index contributed by atoms with van der Waals surface area (Å²) in [7, 11) is -4.94. The number of benzene rings is 4. The number of carboxylic acid groups (broad SMARTS) is 2. The Morgan fingerprint density at radius 2 is 1.42 bits per heavy atom. The van der Waals surface area contributed by atoms with Crippen LogP contribution < -0.4 is 14.8 Å². The zero-order chi connectivity index (χ0) is 34.7. The molecule has 0 fully saturated rings. The molecule has 8 N–H and O–H groups in total. The standard InChI is InChI=1S/C27H19N7O12S2/c35-22-20-12(10-19(46-47(41)42)21(22)34-33-17-8-4-2-6-15(17)24(38)39)9-13(48(43,44)45)11-18(20)29-26-30-25(31-27(40)32-26)28-16-7-3-1-5-14(16)23(36)37/h1-11,35H,(H,36,37)(H,38,39)(H,41,42)(H,43,44,45)(H3,28,29,30,31,32,40). The zero-order valence-corrected chi connectivity index (χ0v) is 25.2. The first-order chi connectivity index (χ1) is 22.7. The van der Waals surface area contributed by atoms with E-state index in [2.05, 4.69) is 35.8 Å². The van der Waals surface area contributed by atoms with Gasteiger partial charge in [-0.05, 0) is 47.9 Å². The van der Waals surface area contributed by atoms with Crippen LogP contribution in [0.3, 0.4) is 0 Å². The van der Waals surface area contributed by atoms with E-state index in [9.17, 15) is 51.7 Å². The monoisotopic (exact) mass is 697 g/mol. The van der Waals surface area contributed by atoms with Gasteiger partial charge in [-0.25, -0.2) is 9.59 Å². The topological polar surface area (TPSA) is 303 Å². The van der Waals surface area contributed by atoms with Crippen molar-refractivity contribution in [2.45, 2.75) is 4.90 Å². The van der Waals surface area contributed by atoms with Crippen molar-refractivity contribution in [1.82, 2.24) is 15.0 Å². The van der Waals surface area contributed by atoms with Gasteiger partial charge in [-0.3, -0.25) is 9.11 Å². The second-order valence-corrected chi connectivity index (χ2v) is 11.3. The first-order valence-electron chi connectivity index (χ1n) is 12.9. The molecular formula is C27H19N7O12S2. The number of aromatic nitrogens is 3. The van der Waals surface area contributed by atoms with E-state index in [-0.39, 0.29) is 44.9 Å². The fraction of sp³-hybridized carbons (Fsp3) is 0. The Morgan fingerprint density at radius 1 is 0.812 bits per heavy atom. The van der Waals surface area contributed by atoms with Gasteiger partial charge in [-0.15, -0.1) is 10.2 Å². The number of aromatic hydroxyl groups is 2. The van der Waals surface area contributed by atoms with Crippen molar-refractivity contribution in [3.05, 3.63) is 77.9 Å². The Balaban J connectivity index is 1.69. The maximum Gasteiger partial charge on any atom is 0.357 e. The van der Waals surface area contributed by atoms with Crippen LogP contribution >= 0.6 is 0 Å². The van der Waals surface area contributed by atoms with Gasteiger partial charge in [0.05, 0.1) is 27.4 Å². The van der Waals surface area contributed by atoms with E-state index in [0.29, 0.717) is 0 Å². The number of rotatable bonds is 11. The summed E-state index contributed by atoms with van der Waals surface area (Å²) in [5.41, 5.74) is -1.55. The van der Waals surface area contributed by atoms with Crippen LogP contribution in [-0.4, -0.2) is 69.0 Å². The van der Waals surface area contributed by atoms with Crippen LogP contribution in [0.4, 0.5) is 34.6 Å². The Labute approximate surface area is 270 Å². The fourth-order valence-corrected chi connectivity index (χ4v) is 5.11. The summed E-state index contributed by atoms with van der Waals surface area (Å²) >= 11 is -3.01. The number of hydrogen-bond donors (Lipinski definition) is 8. The lowest BCUT2D eigenvalue weighted by Gasteiger charge is -2.15. The Kier molecular flexibility index (Phi) is 9.11. The number of nitrogens with zero attached hydrogens (tertiary/aromatic N) is 5. The minimum absolute atomic E-state index is 0.0336. The van der Waals surface area contributed by atoms with Crippen LogP contribution in [0.1, 0.15) is 20.7 Å². The minimum atomic E-state index is -4.94. The van der Waals surface area contributed by atoms with E-state index in [1.54, 1.807) is 0 Å². The zero-order valence-electron chi connectivity index (χ0n) is 23.5. The summed E-state index contributed by atoms with van der Waals surface area (Å²) in [6.45, 7) is 0. The maximum atomic E-state index is 12.2. The van der Waals surface area contributed by atoms with Crippen LogP contribution in [-0.2, 0) is 21.5 Å². The summed E-state index contributed by atoms with van der Waals surface area (Å²) < 4.78 is 60.0. The first kappa shape index (κ1) is 33.1. The summed E-state index contributed by atoms with van der Waals surface area (Å²) in [5.74, 6) is -4.96.